The second-order valence-electron chi connectivity index (χ2n) is 3.96. The van der Waals surface area contributed by atoms with Gasteiger partial charge in [0.25, 0.3) is 0 Å². The predicted molar refractivity (Wildman–Crippen MR) is 55.8 cm³/mol. The summed E-state index contributed by atoms with van der Waals surface area (Å²) in [4.78, 5) is 0. The van der Waals surface area contributed by atoms with Crippen LogP contribution in [0.3, 0.4) is 0 Å². The van der Waals surface area contributed by atoms with Crippen molar-refractivity contribution in [2.24, 2.45) is 17.6 Å². The smallest absolute Gasteiger partial charge is 0.0227 e. The van der Waals surface area contributed by atoms with Gasteiger partial charge in [0.1, 0.15) is 0 Å². The van der Waals surface area contributed by atoms with Crippen molar-refractivity contribution in [1.82, 2.24) is 5.32 Å². The van der Waals surface area contributed by atoms with Gasteiger partial charge in [-0.15, -0.1) is 0 Å². The molecule has 1 aliphatic rings. The third-order valence-corrected chi connectivity index (χ3v) is 2.84. The fourth-order valence-corrected chi connectivity index (χ4v) is 1.95. The Morgan fingerprint density at radius 1 is 1.54 bits per heavy atom. The number of nitrogens with one attached hydrogen (secondary N) is 2. The topological polar surface area (TPSA) is 61.9 Å². The van der Waals surface area contributed by atoms with Crippen LogP contribution < -0.4 is 11.1 Å². The Kier molecular flexibility index (Phi) is 3.48. The van der Waals surface area contributed by atoms with E-state index in [2.05, 4.69) is 19.2 Å². The maximum absolute atomic E-state index is 7.25. The number of nitrogens with two attached hydrogens (primary N) is 1. The van der Waals surface area contributed by atoms with Crippen molar-refractivity contribution in [2.75, 3.05) is 6.54 Å². The van der Waals surface area contributed by atoms with E-state index in [1.807, 2.05) is 0 Å². The lowest BCUT2D eigenvalue weighted by molar-refractivity contribution is 0.276. The molecule has 74 valence electrons. The Hall–Kier alpha value is -0.830. The van der Waals surface area contributed by atoms with E-state index in [0.29, 0.717) is 17.9 Å². The second kappa shape index (κ2) is 4.42. The molecular weight excluding hydrogens is 162 g/mol. The summed E-state index contributed by atoms with van der Waals surface area (Å²) in [7, 11) is 0. The minimum absolute atomic E-state index is 0.409. The lowest BCUT2D eigenvalue weighted by Gasteiger charge is -2.34. The molecule has 0 radical (unpaired) electrons. The van der Waals surface area contributed by atoms with E-state index in [9.17, 15) is 0 Å². The lowest BCUT2D eigenvalue weighted by atomic mass is 9.82. The van der Waals surface area contributed by atoms with E-state index in [1.165, 1.54) is 6.21 Å². The Morgan fingerprint density at radius 2 is 2.23 bits per heavy atom. The highest BCUT2D eigenvalue weighted by Crippen LogP contribution is 2.25. The van der Waals surface area contributed by atoms with Gasteiger partial charge in [0, 0.05) is 18.2 Å². The molecule has 13 heavy (non-hydrogen) atoms. The zero-order valence-corrected chi connectivity index (χ0v) is 8.38. The molecule has 1 fully saturated rings. The number of hydrogen-bond donors (Lipinski definition) is 3. The Bertz CT molecular complexity index is 210. The van der Waals surface area contributed by atoms with Crippen LogP contribution >= 0.6 is 0 Å². The van der Waals surface area contributed by atoms with Crippen molar-refractivity contribution >= 4 is 6.21 Å². The molecule has 3 heteroatoms. The van der Waals surface area contributed by atoms with Gasteiger partial charge in [-0.3, -0.25) is 0 Å². The van der Waals surface area contributed by atoms with Crippen molar-refractivity contribution in [3.05, 3.63) is 11.8 Å². The first-order chi connectivity index (χ1) is 6.19. The van der Waals surface area contributed by atoms with Crippen LogP contribution in [-0.4, -0.2) is 18.8 Å². The van der Waals surface area contributed by atoms with Gasteiger partial charge in [0.2, 0.25) is 0 Å². The van der Waals surface area contributed by atoms with Crippen LogP contribution in [0.25, 0.3) is 0 Å². The minimum Gasteiger partial charge on any atom is -0.404 e. The van der Waals surface area contributed by atoms with Gasteiger partial charge in [0.15, 0.2) is 0 Å². The van der Waals surface area contributed by atoms with E-state index >= 15 is 0 Å². The fourth-order valence-electron chi connectivity index (χ4n) is 1.95. The largest absolute Gasteiger partial charge is 0.404 e. The van der Waals surface area contributed by atoms with Gasteiger partial charge in [-0.05, 0) is 37.6 Å². The molecule has 0 aromatic carbocycles. The summed E-state index contributed by atoms with van der Waals surface area (Å²) >= 11 is 0. The maximum Gasteiger partial charge on any atom is 0.0227 e. The van der Waals surface area contributed by atoms with Gasteiger partial charge in [-0.25, -0.2) is 0 Å². The van der Waals surface area contributed by atoms with E-state index in [-0.39, 0.29) is 0 Å². The number of hydrogen-bond acceptors (Lipinski definition) is 3. The standard InChI is InChI=1S/C10H19N3/c1-7-3-10(8(2)13-6-7)9(4-11)5-12/h4-5,7-8,10-11,13H,3,6,12H2,1-2H3/b9-5+,11-4?. The molecule has 0 aromatic heterocycles. The van der Waals surface area contributed by atoms with Crippen LogP contribution in [0, 0.1) is 17.2 Å². The van der Waals surface area contributed by atoms with Crippen LogP contribution in [0.15, 0.2) is 11.8 Å². The van der Waals surface area contributed by atoms with E-state index in [4.69, 9.17) is 11.1 Å². The molecule has 0 aromatic rings. The summed E-state index contributed by atoms with van der Waals surface area (Å²) in [6.45, 7) is 5.46. The number of piperidine rings is 1. The summed E-state index contributed by atoms with van der Waals surface area (Å²) in [5.41, 5.74) is 6.43. The molecule has 0 saturated carbocycles. The molecule has 4 N–H and O–H groups in total. The molecular formula is C10H19N3. The number of rotatable bonds is 2. The molecule has 1 rings (SSSR count). The fraction of sp³-hybridized carbons (Fsp3) is 0.700. The molecule has 3 unspecified atom stereocenters. The van der Waals surface area contributed by atoms with Crippen molar-refractivity contribution in [2.45, 2.75) is 26.3 Å². The zero-order valence-electron chi connectivity index (χ0n) is 8.38. The molecule has 0 amide bonds. The SMILES string of the molecule is CC1CNC(C)C(/C(C=N)=C/N)C1. The van der Waals surface area contributed by atoms with Crippen LogP contribution in [0.1, 0.15) is 20.3 Å². The van der Waals surface area contributed by atoms with Crippen molar-refractivity contribution in [3.63, 3.8) is 0 Å². The first kappa shape index (κ1) is 10.3. The molecule has 1 saturated heterocycles. The minimum atomic E-state index is 0.409. The first-order valence-corrected chi connectivity index (χ1v) is 4.84. The van der Waals surface area contributed by atoms with Crippen LogP contribution in [0.4, 0.5) is 0 Å². The summed E-state index contributed by atoms with van der Waals surface area (Å²) in [5, 5.41) is 10.7. The van der Waals surface area contributed by atoms with Gasteiger partial charge < -0.3 is 16.5 Å². The Morgan fingerprint density at radius 3 is 2.77 bits per heavy atom. The summed E-state index contributed by atoms with van der Waals surface area (Å²) < 4.78 is 0. The quantitative estimate of drug-likeness (QED) is 0.559. The maximum atomic E-state index is 7.25. The van der Waals surface area contributed by atoms with Crippen molar-refractivity contribution in [1.29, 1.82) is 5.41 Å². The van der Waals surface area contributed by atoms with Crippen LogP contribution in [-0.2, 0) is 0 Å². The van der Waals surface area contributed by atoms with E-state index < -0.39 is 0 Å². The van der Waals surface area contributed by atoms with Gasteiger partial charge in [-0.2, -0.15) is 0 Å². The first-order valence-electron chi connectivity index (χ1n) is 4.84. The van der Waals surface area contributed by atoms with E-state index in [1.54, 1.807) is 6.20 Å². The molecule has 3 nitrogen and oxygen atoms in total. The third kappa shape index (κ3) is 2.31. The Labute approximate surface area is 79.9 Å². The summed E-state index contributed by atoms with van der Waals surface area (Å²) in [6.07, 6.45) is 4.07. The molecule has 1 heterocycles. The highest BCUT2D eigenvalue weighted by molar-refractivity contribution is 5.76. The van der Waals surface area contributed by atoms with Gasteiger partial charge in [-0.1, -0.05) is 6.92 Å². The van der Waals surface area contributed by atoms with Crippen molar-refractivity contribution < 1.29 is 0 Å². The normalized spacial score (nSPS) is 35.8. The third-order valence-electron chi connectivity index (χ3n) is 2.84. The molecule has 0 bridgehead atoms. The second-order valence-corrected chi connectivity index (χ2v) is 3.96. The molecule has 0 aliphatic carbocycles. The monoisotopic (exact) mass is 181 g/mol. The van der Waals surface area contributed by atoms with E-state index in [0.717, 1.165) is 18.5 Å². The van der Waals surface area contributed by atoms with Gasteiger partial charge in [0.05, 0.1) is 0 Å². The summed E-state index contributed by atoms with van der Waals surface area (Å²) in [6, 6.07) is 0.438. The average Bonchev–Trinajstić information content (AvgIpc) is 2.13. The summed E-state index contributed by atoms with van der Waals surface area (Å²) in [5.74, 6) is 1.09. The lowest BCUT2D eigenvalue weighted by Crippen LogP contribution is -2.43. The molecule has 3 atom stereocenters. The Balaban J connectivity index is 2.70. The highest BCUT2D eigenvalue weighted by atomic mass is 14.9. The van der Waals surface area contributed by atoms with Gasteiger partial charge >= 0.3 is 0 Å². The zero-order chi connectivity index (χ0) is 9.84. The van der Waals surface area contributed by atoms with Crippen LogP contribution in [0.2, 0.25) is 0 Å². The highest BCUT2D eigenvalue weighted by Gasteiger charge is 2.26. The molecule has 0 spiro atoms. The predicted octanol–water partition coefficient (Wildman–Crippen LogP) is 1.11. The van der Waals surface area contributed by atoms with Crippen LogP contribution in [0.5, 0.6) is 0 Å². The molecule has 1 aliphatic heterocycles. The average molecular weight is 181 g/mol. The van der Waals surface area contributed by atoms with Crippen molar-refractivity contribution in [3.8, 4) is 0 Å².